The van der Waals surface area contributed by atoms with E-state index in [2.05, 4.69) is 10.4 Å². The fourth-order valence-corrected chi connectivity index (χ4v) is 2.23. The maximum atomic E-state index is 12.2. The Balaban J connectivity index is 2.38. The molecular formula is C12H10Cl2N4O3. The molecule has 0 atom stereocenters. The van der Waals surface area contributed by atoms with Gasteiger partial charge in [-0.25, -0.2) is 0 Å². The zero-order valence-corrected chi connectivity index (χ0v) is 12.6. The SMILES string of the molecule is Cc1nn(C)c(C(=O)Nc2ccc(Cl)cc2[N+](=O)[O-])c1Cl. The van der Waals surface area contributed by atoms with Gasteiger partial charge in [0.1, 0.15) is 11.4 Å². The molecule has 0 saturated carbocycles. The van der Waals surface area contributed by atoms with Gasteiger partial charge in [0.05, 0.1) is 15.6 Å². The molecule has 0 spiro atoms. The van der Waals surface area contributed by atoms with Crippen molar-refractivity contribution in [1.29, 1.82) is 0 Å². The van der Waals surface area contributed by atoms with Gasteiger partial charge in [0.25, 0.3) is 11.6 Å². The molecule has 110 valence electrons. The Kier molecular flexibility index (Phi) is 4.15. The minimum atomic E-state index is -0.627. The predicted octanol–water partition coefficient (Wildman–Crippen LogP) is 3.20. The van der Waals surface area contributed by atoms with Crippen LogP contribution in [0.2, 0.25) is 10.0 Å². The maximum Gasteiger partial charge on any atom is 0.294 e. The van der Waals surface area contributed by atoms with E-state index in [0.717, 1.165) is 6.07 Å². The molecule has 1 aromatic carbocycles. The predicted molar refractivity (Wildman–Crippen MR) is 79.0 cm³/mol. The number of amides is 1. The van der Waals surface area contributed by atoms with Gasteiger partial charge in [0.2, 0.25) is 0 Å². The number of nitrogens with one attached hydrogen (secondary N) is 1. The molecule has 0 radical (unpaired) electrons. The zero-order valence-electron chi connectivity index (χ0n) is 11.1. The molecule has 0 bridgehead atoms. The average Bonchev–Trinajstić information content (AvgIpc) is 2.65. The van der Waals surface area contributed by atoms with Crippen molar-refractivity contribution in [3.63, 3.8) is 0 Å². The number of aryl methyl sites for hydroxylation is 2. The van der Waals surface area contributed by atoms with Crippen molar-refractivity contribution in [3.05, 3.63) is 49.7 Å². The molecule has 1 aromatic heterocycles. The number of nitro benzene ring substituents is 1. The summed E-state index contributed by atoms with van der Waals surface area (Å²) in [5.41, 5.74) is 0.350. The van der Waals surface area contributed by atoms with Gasteiger partial charge in [-0.1, -0.05) is 23.2 Å². The van der Waals surface area contributed by atoms with Gasteiger partial charge < -0.3 is 5.32 Å². The van der Waals surface area contributed by atoms with E-state index in [4.69, 9.17) is 23.2 Å². The van der Waals surface area contributed by atoms with Crippen LogP contribution in [0.4, 0.5) is 11.4 Å². The lowest BCUT2D eigenvalue weighted by Gasteiger charge is -2.07. The van der Waals surface area contributed by atoms with Gasteiger partial charge in [0, 0.05) is 18.1 Å². The van der Waals surface area contributed by atoms with E-state index in [-0.39, 0.29) is 27.1 Å². The van der Waals surface area contributed by atoms with Crippen molar-refractivity contribution in [2.75, 3.05) is 5.32 Å². The van der Waals surface area contributed by atoms with Gasteiger partial charge in [0.15, 0.2) is 0 Å². The number of aromatic nitrogens is 2. The molecule has 0 aliphatic rings. The van der Waals surface area contributed by atoms with Crippen LogP contribution in [0.5, 0.6) is 0 Å². The first-order valence-electron chi connectivity index (χ1n) is 5.75. The van der Waals surface area contributed by atoms with Crippen LogP contribution in [0.25, 0.3) is 0 Å². The van der Waals surface area contributed by atoms with Crippen molar-refractivity contribution >= 4 is 40.5 Å². The number of benzene rings is 1. The molecule has 0 aliphatic carbocycles. The van der Waals surface area contributed by atoms with E-state index in [0.29, 0.717) is 5.69 Å². The number of carbonyl (C=O) groups excluding carboxylic acids is 1. The Labute approximate surface area is 129 Å². The number of anilines is 1. The molecule has 2 rings (SSSR count). The smallest absolute Gasteiger partial charge is 0.294 e. The van der Waals surface area contributed by atoms with E-state index in [1.807, 2.05) is 0 Å². The average molecular weight is 329 g/mol. The van der Waals surface area contributed by atoms with Gasteiger partial charge in [-0.15, -0.1) is 0 Å². The van der Waals surface area contributed by atoms with Crippen LogP contribution < -0.4 is 5.32 Å². The van der Waals surface area contributed by atoms with Crippen molar-refractivity contribution in [2.45, 2.75) is 6.92 Å². The first-order chi connectivity index (χ1) is 9.81. The molecule has 2 aromatic rings. The third-order valence-electron chi connectivity index (χ3n) is 2.77. The summed E-state index contributed by atoms with van der Waals surface area (Å²) >= 11 is 11.7. The van der Waals surface area contributed by atoms with Crippen LogP contribution in [0.15, 0.2) is 18.2 Å². The van der Waals surface area contributed by atoms with Crippen LogP contribution in [0.3, 0.4) is 0 Å². The number of hydrogen-bond donors (Lipinski definition) is 1. The Morgan fingerprint density at radius 3 is 2.62 bits per heavy atom. The van der Waals surface area contributed by atoms with Crippen molar-refractivity contribution in [2.24, 2.45) is 7.05 Å². The lowest BCUT2D eigenvalue weighted by molar-refractivity contribution is -0.383. The quantitative estimate of drug-likeness (QED) is 0.691. The van der Waals surface area contributed by atoms with Gasteiger partial charge in [-0.3, -0.25) is 19.6 Å². The zero-order chi connectivity index (χ0) is 15.7. The lowest BCUT2D eigenvalue weighted by Crippen LogP contribution is -2.17. The Bertz CT molecular complexity index is 742. The highest BCUT2D eigenvalue weighted by Crippen LogP contribution is 2.29. The van der Waals surface area contributed by atoms with Crippen LogP contribution in [-0.4, -0.2) is 20.6 Å². The molecule has 1 heterocycles. The number of nitro groups is 1. The second kappa shape index (κ2) is 5.71. The fraction of sp³-hybridized carbons (Fsp3) is 0.167. The molecular weight excluding hydrogens is 319 g/mol. The summed E-state index contributed by atoms with van der Waals surface area (Å²) in [6.45, 7) is 1.66. The standard InChI is InChI=1S/C12H10Cl2N4O3/c1-6-10(14)11(17(2)16-6)12(19)15-8-4-3-7(13)5-9(8)18(20)21/h3-5H,1-2H3,(H,15,19). The highest BCUT2D eigenvalue weighted by molar-refractivity contribution is 6.35. The normalized spacial score (nSPS) is 10.5. The molecule has 0 saturated heterocycles. The number of hydrogen-bond acceptors (Lipinski definition) is 4. The van der Waals surface area contributed by atoms with Crippen LogP contribution in [0.1, 0.15) is 16.2 Å². The largest absolute Gasteiger partial charge is 0.315 e. The van der Waals surface area contributed by atoms with E-state index >= 15 is 0 Å². The second-order valence-electron chi connectivity index (χ2n) is 4.24. The molecule has 0 unspecified atom stereocenters. The highest BCUT2D eigenvalue weighted by Gasteiger charge is 2.22. The fourth-order valence-electron chi connectivity index (χ4n) is 1.82. The Morgan fingerprint density at radius 1 is 1.43 bits per heavy atom. The number of carbonyl (C=O) groups is 1. The number of halogens is 2. The molecule has 0 fully saturated rings. The van der Waals surface area contributed by atoms with Gasteiger partial charge >= 0.3 is 0 Å². The molecule has 7 nitrogen and oxygen atoms in total. The summed E-state index contributed by atoms with van der Waals surface area (Å²) in [6, 6.07) is 3.96. The first-order valence-corrected chi connectivity index (χ1v) is 6.51. The Morgan fingerprint density at radius 2 is 2.10 bits per heavy atom. The minimum Gasteiger partial charge on any atom is -0.315 e. The molecule has 0 aliphatic heterocycles. The maximum absolute atomic E-state index is 12.2. The third kappa shape index (κ3) is 2.98. The Hall–Kier alpha value is -2.12. The summed E-state index contributed by atoms with van der Waals surface area (Å²) in [6.07, 6.45) is 0. The van der Waals surface area contributed by atoms with Crippen molar-refractivity contribution in [1.82, 2.24) is 9.78 Å². The van der Waals surface area contributed by atoms with Gasteiger partial charge in [-0.05, 0) is 19.1 Å². The number of nitrogens with zero attached hydrogens (tertiary/aromatic N) is 3. The van der Waals surface area contributed by atoms with Gasteiger partial charge in [-0.2, -0.15) is 5.10 Å². The van der Waals surface area contributed by atoms with Crippen molar-refractivity contribution < 1.29 is 9.72 Å². The molecule has 1 N–H and O–H groups in total. The monoisotopic (exact) mass is 328 g/mol. The van der Waals surface area contributed by atoms with E-state index in [9.17, 15) is 14.9 Å². The minimum absolute atomic E-state index is 0.0318. The summed E-state index contributed by atoms with van der Waals surface area (Å²) in [5, 5.41) is 17.8. The topological polar surface area (TPSA) is 90.1 Å². The first kappa shape index (κ1) is 15.3. The summed E-state index contributed by atoms with van der Waals surface area (Å²) < 4.78 is 1.31. The second-order valence-corrected chi connectivity index (χ2v) is 5.06. The summed E-state index contributed by atoms with van der Waals surface area (Å²) in [4.78, 5) is 22.6. The summed E-state index contributed by atoms with van der Waals surface area (Å²) in [5.74, 6) is -0.589. The van der Waals surface area contributed by atoms with E-state index in [1.54, 1.807) is 14.0 Å². The van der Waals surface area contributed by atoms with E-state index < -0.39 is 10.8 Å². The highest BCUT2D eigenvalue weighted by atomic mass is 35.5. The lowest BCUT2D eigenvalue weighted by atomic mass is 10.2. The van der Waals surface area contributed by atoms with Crippen LogP contribution in [0, 0.1) is 17.0 Å². The molecule has 9 heteroatoms. The molecule has 21 heavy (non-hydrogen) atoms. The van der Waals surface area contributed by atoms with Crippen LogP contribution in [-0.2, 0) is 7.05 Å². The van der Waals surface area contributed by atoms with Crippen molar-refractivity contribution in [3.8, 4) is 0 Å². The number of rotatable bonds is 3. The third-order valence-corrected chi connectivity index (χ3v) is 3.46. The van der Waals surface area contributed by atoms with E-state index in [1.165, 1.54) is 16.8 Å². The van der Waals surface area contributed by atoms with Crippen LogP contribution >= 0.6 is 23.2 Å². The molecule has 1 amide bonds. The summed E-state index contributed by atoms with van der Waals surface area (Å²) in [7, 11) is 1.56.